The molecule has 1 amide bonds. The Bertz CT molecular complexity index is 1880. The molecule has 2 aliphatic rings. The Hall–Kier alpha value is -5.26. The van der Waals surface area contributed by atoms with Crippen LogP contribution in [-0.2, 0) is 19.5 Å². The zero-order valence-electron chi connectivity index (χ0n) is 25.4. The Morgan fingerprint density at radius 3 is 2.65 bits per heavy atom. The van der Waals surface area contributed by atoms with Crippen molar-refractivity contribution in [1.82, 2.24) is 15.0 Å². The van der Waals surface area contributed by atoms with E-state index in [9.17, 15) is 13.2 Å². The van der Waals surface area contributed by atoms with Gasteiger partial charge in [0.05, 0.1) is 30.2 Å². The summed E-state index contributed by atoms with van der Waals surface area (Å²) < 4.78 is 68.8. The van der Waals surface area contributed by atoms with E-state index in [1.165, 1.54) is 37.6 Å². The number of benzene rings is 2. The van der Waals surface area contributed by atoms with Gasteiger partial charge >= 0.3 is 6.09 Å². The number of carbonyl (C=O) groups excluding carboxylic acids is 1. The lowest BCUT2D eigenvalue weighted by atomic mass is 10.3. The second kappa shape index (κ2) is 14.7. The number of nitrogens with one attached hydrogen (secondary N) is 2. The predicted octanol–water partition coefficient (Wildman–Crippen LogP) is 4.32. The van der Waals surface area contributed by atoms with Gasteiger partial charge in [0.15, 0.2) is 17.3 Å². The summed E-state index contributed by atoms with van der Waals surface area (Å²) in [6.07, 6.45) is 0.764. The minimum Gasteiger partial charge on any atom is -0.497 e. The number of sulfonamides is 1. The SMILES string of the molecule is COc1ccc(Cl)c(Oc2c(NS(=O)(=O)c3ccc4c(c3)OCO4)nc(N3CCOCC3)nc2OCCOC(=O)Nc2ccccn2)c1. The van der Waals surface area contributed by atoms with E-state index in [-0.39, 0.29) is 64.8 Å². The van der Waals surface area contributed by atoms with Crippen LogP contribution in [-0.4, -0.2) is 82.9 Å². The largest absolute Gasteiger partial charge is 0.497 e. The molecular weight excluding hydrogens is 672 g/mol. The van der Waals surface area contributed by atoms with Crippen molar-refractivity contribution in [2.45, 2.75) is 4.90 Å². The van der Waals surface area contributed by atoms with Crippen LogP contribution in [0, 0.1) is 0 Å². The van der Waals surface area contributed by atoms with Crippen LogP contribution >= 0.6 is 11.6 Å². The molecule has 252 valence electrons. The summed E-state index contributed by atoms with van der Waals surface area (Å²) in [6, 6.07) is 13.9. The number of amides is 1. The van der Waals surface area contributed by atoms with Crippen molar-refractivity contribution in [1.29, 1.82) is 0 Å². The maximum atomic E-state index is 13.7. The summed E-state index contributed by atoms with van der Waals surface area (Å²) >= 11 is 6.45. The first-order valence-corrected chi connectivity index (χ1v) is 16.3. The van der Waals surface area contributed by atoms with Gasteiger partial charge in [0.25, 0.3) is 15.9 Å². The number of aromatic nitrogens is 3. The molecule has 0 spiro atoms. The van der Waals surface area contributed by atoms with E-state index in [0.29, 0.717) is 43.6 Å². The molecule has 0 bridgehead atoms. The highest BCUT2D eigenvalue weighted by molar-refractivity contribution is 7.92. The average molecular weight is 701 g/mol. The number of methoxy groups -OCH3 is 1. The van der Waals surface area contributed by atoms with Crippen LogP contribution in [0.15, 0.2) is 65.7 Å². The molecule has 4 heterocycles. The van der Waals surface area contributed by atoms with Crippen LogP contribution < -0.4 is 38.6 Å². The zero-order chi connectivity index (χ0) is 33.5. The standard InChI is InChI=1S/C30H29ClN6O10S/c1-41-19-5-7-21(31)23(16-19)47-26-27(36-48(39,40)20-6-8-22-24(17-20)46-18-45-22)34-29(37-10-12-42-13-11-37)35-28(26)43-14-15-44-30(38)33-25-4-2-3-9-32-25/h2-9,16-17H,10-15,18H2,1H3,(H,32,33,38)(H,34,35,36). The van der Waals surface area contributed by atoms with Gasteiger partial charge in [-0.15, -0.1) is 0 Å². The van der Waals surface area contributed by atoms with Gasteiger partial charge < -0.3 is 38.1 Å². The molecule has 1 fully saturated rings. The van der Waals surface area contributed by atoms with Crippen molar-refractivity contribution in [2.75, 3.05) is 68.4 Å². The molecule has 0 saturated carbocycles. The molecule has 2 aromatic heterocycles. The number of morpholine rings is 1. The Morgan fingerprint density at radius 1 is 1.02 bits per heavy atom. The quantitative estimate of drug-likeness (QED) is 0.199. The zero-order valence-corrected chi connectivity index (χ0v) is 27.0. The highest BCUT2D eigenvalue weighted by atomic mass is 35.5. The normalized spacial score (nSPS) is 13.8. The number of carbonyl (C=O) groups is 1. The molecule has 1 saturated heterocycles. The third kappa shape index (κ3) is 7.81. The van der Waals surface area contributed by atoms with Gasteiger partial charge in [-0.25, -0.2) is 18.2 Å². The fraction of sp³-hybridized carbons (Fsp3) is 0.267. The summed E-state index contributed by atoms with van der Waals surface area (Å²) in [7, 11) is -2.83. The maximum Gasteiger partial charge on any atom is 0.412 e. The Kier molecular flexibility index (Phi) is 9.98. The van der Waals surface area contributed by atoms with Crippen molar-refractivity contribution in [3.05, 3.63) is 65.8 Å². The molecule has 2 aromatic carbocycles. The summed E-state index contributed by atoms with van der Waals surface area (Å²) in [6.45, 7) is 1.19. The van der Waals surface area contributed by atoms with E-state index in [0.717, 1.165) is 0 Å². The monoisotopic (exact) mass is 700 g/mol. The van der Waals surface area contributed by atoms with E-state index in [1.54, 1.807) is 35.2 Å². The first-order chi connectivity index (χ1) is 23.3. The Labute approximate surface area is 279 Å². The lowest BCUT2D eigenvalue weighted by Gasteiger charge is -2.28. The van der Waals surface area contributed by atoms with Crippen LogP contribution in [0.2, 0.25) is 5.02 Å². The topological polar surface area (TPSA) is 182 Å². The van der Waals surface area contributed by atoms with Crippen LogP contribution in [0.3, 0.4) is 0 Å². The van der Waals surface area contributed by atoms with E-state index in [4.69, 9.17) is 44.8 Å². The lowest BCUT2D eigenvalue weighted by Crippen LogP contribution is -2.37. The summed E-state index contributed by atoms with van der Waals surface area (Å²) in [5.74, 6) is 0.989. The number of hydrogen-bond donors (Lipinski definition) is 2. The highest BCUT2D eigenvalue weighted by Gasteiger charge is 2.28. The number of anilines is 3. The van der Waals surface area contributed by atoms with Crippen LogP contribution in [0.5, 0.6) is 34.6 Å². The number of fused-ring (bicyclic) bond motifs is 1. The van der Waals surface area contributed by atoms with Gasteiger partial charge in [0, 0.05) is 31.4 Å². The summed E-state index contributed by atoms with van der Waals surface area (Å²) in [4.78, 5) is 27.1. The molecule has 0 aliphatic carbocycles. The minimum absolute atomic E-state index is 0.0322. The number of nitrogens with zero attached hydrogens (tertiary/aromatic N) is 4. The van der Waals surface area contributed by atoms with Crippen LogP contribution in [0.1, 0.15) is 0 Å². The van der Waals surface area contributed by atoms with Crippen LogP contribution in [0.4, 0.5) is 22.4 Å². The van der Waals surface area contributed by atoms with E-state index < -0.39 is 16.1 Å². The summed E-state index contributed by atoms with van der Waals surface area (Å²) in [5.41, 5.74) is 0. The smallest absolute Gasteiger partial charge is 0.412 e. The Balaban J connectivity index is 1.33. The molecule has 0 radical (unpaired) electrons. The maximum absolute atomic E-state index is 13.7. The first kappa shape index (κ1) is 32.7. The van der Waals surface area contributed by atoms with Crippen molar-refractivity contribution < 1.29 is 46.4 Å². The van der Waals surface area contributed by atoms with Gasteiger partial charge in [-0.05, 0) is 36.4 Å². The second-order valence-corrected chi connectivity index (χ2v) is 12.0. The average Bonchev–Trinajstić information content (AvgIpc) is 3.58. The first-order valence-electron chi connectivity index (χ1n) is 14.5. The molecule has 2 aliphatic heterocycles. The fourth-order valence-corrected chi connectivity index (χ4v) is 5.64. The van der Waals surface area contributed by atoms with Gasteiger partial charge in [0.1, 0.15) is 30.5 Å². The molecule has 6 rings (SSSR count). The number of ether oxygens (including phenoxy) is 7. The number of rotatable bonds is 12. The summed E-state index contributed by atoms with van der Waals surface area (Å²) in [5, 5.41) is 2.68. The molecule has 48 heavy (non-hydrogen) atoms. The molecule has 0 atom stereocenters. The number of pyridine rings is 1. The van der Waals surface area contributed by atoms with Crippen molar-refractivity contribution >= 4 is 45.3 Å². The molecule has 16 nitrogen and oxygen atoms in total. The minimum atomic E-state index is -4.30. The fourth-order valence-electron chi connectivity index (χ4n) is 4.46. The molecule has 4 aromatic rings. The van der Waals surface area contributed by atoms with E-state index >= 15 is 0 Å². The third-order valence-electron chi connectivity index (χ3n) is 6.80. The third-order valence-corrected chi connectivity index (χ3v) is 8.45. The van der Waals surface area contributed by atoms with Crippen molar-refractivity contribution in [2.24, 2.45) is 0 Å². The van der Waals surface area contributed by atoms with E-state index in [1.807, 2.05) is 0 Å². The van der Waals surface area contributed by atoms with Crippen molar-refractivity contribution in [3.8, 4) is 34.6 Å². The highest BCUT2D eigenvalue weighted by Crippen LogP contribution is 2.42. The lowest BCUT2D eigenvalue weighted by molar-refractivity contribution is 0.121. The number of halogens is 1. The van der Waals surface area contributed by atoms with Gasteiger partial charge in [0.2, 0.25) is 18.5 Å². The molecular formula is C30H29ClN6O10S. The Morgan fingerprint density at radius 2 is 1.85 bits per heavy atom. The molecule has 0 unspecified atom stereocenters. The van der Waals surface area contributed by atoms with Gasteiger partial charge in [-0.3, -0.25) is 10.0 Å². The van der Waals surface area contributed by atoms with Gasteiger partial charge in [-0.2, -0.15) is 9.97 Å². The van der Waals surface area contributed by atoms with Crippen molar-refractivity contribution in [3.63, 3.8) is 0 Å². The second-order valence-electron chi connectivity index (χ2n) is 9.95. The van der Waals surface area contributed by atoms with Gasteiger partial charge in [-0.1, -0.05) is 17.7 Å². The van der Waals surface area contributed by atoms with E-state index in [2.05, 4.69) is 25.0 Å². The number of hydrogen-bond acceptors (Lipinski definition) is 14. The molecule has 2 N–H and O–H groups in total. The predicted molar refractivity (Wildman–Crippen MR) is 171 cm³/mol. The molecule has 18 heteroatoms. The van der Waals surface area contributed by atoms with Crippen LogP contribution in [0.25, 0.3) is 0 Å².